The maximum absolute atomic E-state index is 12.5. The topological polar surface area (TPSA) is 81.9 Å². The van der Waals surface area contributed by atoms with E-state index in [9.17, 15) is 9.59 Å². The lowest BCUT2D eigenvalue weighted by atomic mass is 10.1. The molecule has 0 radical (unpaired) electrons. The molecule has 0 aromatic carbocycles. The summed E-state index contributed by atoms with van der Waals surface area (Å²) in [5.41, 5.74) is 0.0806. The molecule has 1 atom stereocenters. The first-order valence-corrected chi connectivity index (χ1v) is 7.13. The van der Waals surface area contributed by atoms with Crippen LogP contribution in [-0.4, -0.2) is 47.7 Å². The number of carbonyl (C=O) groups is 2. The highest BCUT2D eigenvalue weighted by Gasteiger charge is 2.31. The Morgan fingerprint density at radius 2 is 2.05 bits per heavy atom. The number of aromatic nitrogens is 1. The predicted octanol–water partition coefficient (Wildman–Crippen LogP) is 2.01. The van der Waals surface area contributed by atoms with E-state index in [0.717, 1.165) is 0 Å². The van der Waals surface area contributed by atoms with Crippen LogP contribution in [0.15, 0.2) is 10.8 Å². The average Bonchev–Trinajstić information content (AvgIpc) is 2.85. The molecule has 0 bridgehead atoms. The zero-order valence-electron chi connectivity index (χ0n) is 14.0. The van der Waals surface area contributed by atoms with Crippen molar-refractivity contribution < 1.29 is 23.6 Å². The number of carbonyl (C=O) groups excluding carboxylic acids is 2. The summed E-state index contributed by atoms with van der Waals surface area (Å²) in [4.78, 5) is 26.1. The molecular formula is C15H24N2O5. The molecule has 0 N–H and O–H groups in total. The van der Waals surface area contributed by atoms with Crippen LogP contribution >= 0.6 is 0 Å². The van der Waals surface area contributed by atoms with Crippen LogP contribution in [0.1, 0.15) is 50.2 Å². The average molecular weight is 312 g/mol. The molecule has 124 valence electrons. The van der Waals surface area contributed by atoms with Gasteiger partial charge in [0.2, 0.25) is 0 Å². The zero-order chi connectivity index (χ0) is 16.9. The quantitative estimate of drug-likeness (QED) is 0.747. The van der Waals surface area contributed by atoms with Gasteiger partial charge in [-0.05, 0) is 27.2 Å². The number of hydrogen-bond donors (Lipinski definition) is 0. The van der Waals surface area contributed by atoms with E-state index in [-0.39, 0.29) is 18.1 Å². The van der Waals surface area contributed by atoms with Crippen molar-refractivity contribution in [3.63, 3.8) is 0 Å². The molecule has 1 aromatic heterocycles. The van der Waals surface area contributed by atoms with Crippen LogP contribution in [-0.2, 0) is 20.9 Å². The summed E-state index contributed by atoms with van der Waals surface area (Å²) < 4.78 is 15.2. The molecule has 1 amide bonds. The molecule has 7 heteroatoms. The first-order valence-electron chi connectivity index (χ1n) is 7.13. The summed E-state index contributed by atoms with van der Waals surface area (Å²) in [5.74, 6) is -0.790. The standard InChI is InChI=1S/C15H24N2O5/c1-7-12(14(19)22-15(2,3)4)17(5)13(18)10-8-21-16-11(10)9-20-6/h8,12H,7,9H2,1-6H3/t12-/m0/s1. The van der Waals surface area contributed by atoms with Crippen LogP contribution in [0.4, 0.5) is 0 Å². The normalized spacial score (nSPS) is 12.8. The predicted molar refractivity (Wildman–Crippen MR) is 79.2 cm³/mol. The fraction of sp³-hybridized carbons (Fsp3) is 0.667. The second-order valence-electron chi connectivity index (χ2n) is 5.98. The van der Waals surface area contributed by atoms with E-state index in [0.29, 0.717) is 12.1 Å². The Labute approximate surface area is 130 Å². The number of rotatable bonds is 6. The molecule has 0 fully saturated rings. The van der Waals surface area contributed by atoms with Crippen molar-refractivity contribution in [3.05, 3.63) is 17.5 Å². The molecule has 1 rings (SSSR count). The SMILES string of the molecule is CC[C@@H](C(=O)OC(C)(C)C)N(C)C(=O)c1conc1COC. The van der Waals surface area contributed by atoms with Gasteiger partial charge in [0.05, 0.1) is 6.61 Å². The number of nitrogens with zero attached hydrogens (tertiary/aromatic N) is 2. The summed E-state index contributed by atoms with van der Waals surface area (Å²) in [5, 5.41) is 3.74. The van der Waals surface area contributed by atoms with Crippen molar-refractivity contribution in [1.29, 1.82) is 0 Å². The Balaban J connectivity index is 2.91. The van der Waals surface area contributed by atoms with Gasteiger partial charge in [0, 0.05) is 14.2 Å². The minimum atomic E-state index is -0.669. The van der Waals surface area contributed by atoms with Gasteiger partial charge in [0.15, 0.2) is 0 Å². The van der Waals surface area contributed by atoms with Crippen LogP contribution in [0, 0.1) is 0 Å². The third kappa shape index (κ3) is 4.56. The third-order valence-electron chi connectivity index (χ3n) is 3.01. The number of esters is 1. The first kappa shape index (κ1) is 18.2. The number of likely N-dealkylation sites (N-methyl/N-ethyl adjacent to an activating group) is 1. The summed E-state index contributed by atoms with van der Waals surface area (Å²) in [6, 6.07) is -0.669. The maximum Gasteiger partial charge on any atom is 0.329 e. The highest BCUT2D eigenvalue weighted by Crippen LogP contribution is 2.17. The van der Waals surface area contributed by atoms with Crippen molar-refractivity contribution >= 4 is 11.9 Å². The molecule has 0 saturated carbocycles. The van der Waals surface area contributed by atoms with Gasteiger partial charge < -0.3 is 18.9 Å². The highest BCUT2D eigenvalue weighted by atomic mass is 16.6. The van der Waals surface area contributed by atoms with Crippen LogP contribution < -0.4 is 0 Å². The van der Waals surface area contributed by atoms with Gasteiger partial charge in [-0.2, -0.15) is 0 Å². The number of methoxy groups -OCH3 is 1. The molecule has 1 aromatic rings. The molecule has 0 spiro atoms. The molecule has 1 heterocycles. The summed E-state index contributed by atoms with van der Waals surface area (Å²) in [6.07, 6.45) is 1.71. The van der Waals surface area contributed by atoms with Gasteiger partial charge in [-0.3, -0.25) is 4.79 Å². The Kier molecular flexibility index (Phi) is 6.11. The lowest BCUT2D eigenvalue weighted by Crippen LogP contribution is -2.45. The molecule has 0 aliphatic rings. The van der Waals surface area contributed by atoms with Gasteiger partial charge in [0.25, 0.3) is 5.91 Å². The molecule has 0 aliphatic heterocycles. The van der Waals surface area contributed by atoms with E-state index >= 15 is 0 Å². The van der Waals surface area contributed by atoms with Gasteiger partial charge >= 0.3 is 5.97 Å². The zero-order valence-corrected chi connectivity index (χ0v) is 14.0. The smallest absolute Gasteiger partial charge is 0.329 e. The summed E-state index contributed by atoms with van der Waals surface area (Å²) in [7, 11) is 3.06. The van der Waals surface area contributed by atoms with Gasteiger partial charge in [-0.1, -0.05) is 12.1 Å². The van der Waals surface area contributed by atoms with Gasteiger partial charge in [-0.25, -0.2) is 4.79 Å². The molecule has 0 saturated heterocycles. The van der Waals surface area contributed by atoms with E-state index in [1.807, 2.05) is 6.92 Å². The minimum Gasteiger partial charge on any atom is -0.458 e. The largest absolute Gasteiger partial charge is 0.458 e. The lowest BCUT2D eigenvalue weighted by Gasteiger charge is -2.29. The Hall–Kier alpha value is -1.89. The maximum atomic E-state index is 12.5. The van der Waals surface area contributed by atoms with E-state index in [1.165, 1.54) is 18.3 Å². The highest BCUT2D eigenvalue weighted by molar-refractivity contribution is 5.97. The van der Waals surface area contributed by atoms with Crippen molar-refractivity contribution in [3.8, 4) is 0 Å². The molecule has 7 nitrogen and oxygen atoms in total. The third-order valence-corrected chi connectivity index (χ3v) is 3.01. The minimum absolute atomic E-state index is 0.161. The monoisotopic (exact) mass is 312 g/mol. The van der Waals surface area contributed by atoms with E-state index in [2.05, 4.69) is 5.16 Å². The van der Waals surface area contributed by atoms with E-state index < -0.39 is 17.6 Å². The van der Waals surface area contributed by atoms with E-state index in [1.54, 1.807) is 27.8 Å². The fourth-order valence-corrected chi connectivity index (χ4v) is 1.97. The molecular weight excluding hydrogens is 288 g/mol. The van der Waals surface area contributed by atoms with E-state index in [4.69, 9.17) is 14.0 Å². The van der Waals surface area contributed by atoms with Crippen LogP contribution in [0.2, 0.25) is 0 Å². The lowest BCUT2D eigenvalue weighted by molar-refractivity contribution is -0.160. The number of hydrogen-bond acceptors (Lipinski definition) is 6. The van der Waals surface area contributed by atoms with Gasteiger partial charge in [0.1, 0.15) is 29.2 Å². The molecule has 0 unspecified atom stereocenters. The van der Waals surface area contributed by atoms with Gasteiger partial charge in [-0.15, -0.1) is 0 Å². The fourth-order valence-electron chi connectivity index (χ4n) is 1.97. The summed E-state index contributed by atoms with van der Waals surface area (Å²) >= 11 is 0. The van der Waals surface area contributed by atoms with Crippen molar-refractivity contribution in [1.82, 2.24) is 10.1 Å². The molecule has 22 heavy (non-hydrogen) atoms. The molecule has 0 aliphatic carbocycles. The second kappa shape index (κ2) is 7.40. The van der Waals surface area contributed by atoms with Crippen molar-refractivity contribution in [2.75, 3.05) is 14.2 Å². The number of ether oxygens (including phenoxy) is 2. The second-order valence-corrected chi connectivity index (χ2v) is 5.98. The first-order chi connectivity index (χ1) is 10.2. The van der Waals surface area contributed by atoms with Crippen molar-refractivity contribution in [2.45, 2.75) is 52.4 Å². The van der Waals surface area contributed by atoms with Crippen LogP contribution in [0.5, 0.6) is 0 Å². The Morgan fingerprint density at radius 1 is 1.41 bits per heavy atom. The Bertz CT molecular complexity index is 518. The van der Waals surface area contributed by atoms with Crippen molar-refractivity contribution in [2.24, 2.45) is 0 Å². The van der Waals surface area contributed by atoms with Crippen LogP contribution in [0.3, 0.4) is 0 Å². The van der Waals surface area contributed by atoms with Crippen LogP contribution in [0.25, 0.3) is 0 Å². The number of amides is 1. The summed E-state index contributed by atoms with van der Waals surface area (Å²) in [6.45, 7) is 7.35. The Morgan fingerprint density at radius 3 is 2.55 bits per heavy atom.